The number of phosphoric acid groups is 3. The third-order valence-electron chi connectivity index (χ3n) is 4.02. The van der Waals surface area contributed by atoms with E-state index in [2.05, 4.69) is 18.1 Å². The Morgan fingerprint density at radius 1 is 1.14 bits per heavy atom. The lowest BCUT2D eigenvalue weighted by Gasteiger charge is -2.37. The van der Waals surface area contributed by atoms with E-state index in [1.54, 1.807) is 0 Å². The Morgan fingerprint density at radius 2 is 1.76 bits per heavy atom. The molecule has 0 aliphatic heterocycles. The van der Waals surface area contributed by atoms with E-state index in [9.17, 15) is 48.0 Å². The van der Waals surface area contributed by atoms with Gasteiger partial charge in [0.2, 0.25) is 0 Å². The van der Waals surface area contributed by atoms with Crippen LogP contribution in [0.15, 0.2) is 15.8 Å². The topological polar surface area (TPSA) is 246 Å². The summed E-state index contributed by atoms with van der Waals surface area (Å²) in [5, 5.41) is 10.1. The molecule has 5 atom stereocenters. The molecule has 1 aromatic heterocycles. The van der Waals surface area contributed by atoms with E-state index in [-0.39, 0.29) is 18.4 Å². The van der Waals surface area contributed by atoms with Crippen LogP contribution in [0.3, 0.4) is 0 Å². The largest absolute Gasteiger partial charge is 0.790 e. The van der Waals surface area contributed by atoms with Crippen molar-refractivity contribution in [1.82, 2.24) is 9.55 Å². The Kier molecular flexibility index (Phi) is 7.26. The van der Waals surface area contributed by atoms with Crippen LogP contribution in [-0.4, -0.2) is 27.4 Å². The molecule has 2 N–H and O–H groups in total. The van der Waals surface area contributed by atoms with Crippen molar-refractivity contribution < 1.29 is 51.5 Å². The van der Waals surface area contributed by atoms with Crippen molar-refractivity contribution in [3.8, 4) is 0 Å². The highest BCUT2D eigenvalue weighted by molar-refractivity contribution is 7.64. The Hall–Kier alpha value is -0.950. The molecule has 0 amide bonds. The zero-order chi connectivity index (χ0) is 22.2. The number of aliphatic hydroxyl groups excluding tert-OH is 1. The summed E-state index contributed by atoms with van der Waals surface area (Å²) < 4.78 is 44.9. The molecule has 18 heteroatoms. The molecule has 15 nitrogen and oxygen atoms in total. The second kappa shape index (κ2) is 8.66. The van der Waals surface area contributed by atoms with Gasteiger partial charge in [-0.2, -0.15) is 0 Å². The van der Waals surface area contributed by atoms with Crippen molar-refractivity contribution in [3.05, 3.63) is 32.6 Å². The van der Waals surface area contributed by atoms with Gasteiger partial charge in [0.05, 0.1) is 20.5 Å². The quantitative estimate of drug-likeness (QED) is 0.355. The fourth-order valence-electron chi connectivity index (χ4n) is 2.81. The number of nitrogens with zero attached hydrogens (tertiary/aromatic N) is 1. The summed E-state index contributed by atoms with van der Waals surface area (Å²) in [4.78, 5) is 68.6. The lowest BCUT2D eigenvalue weighted by molar-refractivity contribution is -0.339. The molecular formula is C11H15N2O13P3-4. The molecule has 2 rings (SSSR count). The Morgan fingerprint density at radius 3 is 2.34 bits per heavy atom. The van der Waals surface area contributed by atoms with Gasteiger partial charge in [-0.05, 0) is 19.8 Å². The average molecular weight is 476 g/mol. The SMILES string of the molecule is Cc1cn([C@H]2CC(O)[C@@H](COP(=O)([O-])OP(=O)([O-])OP(=O)([O-])[O-])C2)c(=O)[nH]c1=O. The summed E-state index contributed by atoms with van der Waals surface area (Å²) in [5.74, 6) is -0.887. The summed E-state index contributed by atoms with van der Waals surface area (Å²) in [6.45, 7) is 0.680. The number of nitrogens with one attached hydrogen (secondary N) is 1. The molecule has 0 spiro atoms. The summed E-state index contributed by atoms with van der Waals surface area (Å²) >= 11 is 0. The molecule has 1 aliphatic rings. The van der Waals surface area contributed by atoms with Gasteiger partial charge < -0.3 is 33.8 Å². The van der Waals surface area contributed by atoms with Gasteiger partial charge in [0.15, 0.2) is 0 Å². The number of aryl methyl sites for hydroxylation is 1. The maximum absolute atomic E-state index is 11.9. The van der Waals surface area contributed by atoms with E-state index in [0.29, 0.717) is 0 Å². The van der Waals surface area contributed by atoms with Crippen molar-refractivity contribution in [1.29, 1.82) is 0 Å². The molecule has 0 bridgehead atoms. The highest BCUT2D eigenvalue weighted by atomic mass is 31.3. The minimum absolute atomic E-state index is 0.00212. The van der Waals surface area contributed by atoms with Gasteiger partial charge in [-0.3, -0.25) is 27.8 Å². The van der Waals surface area contributed by atoms with Crippen LogP contribution < -0.4 is 30.8 Å². The first-order valence-corrected chi connectivity index (χ1v) is 12.2. The number of hydrogen-bond donors (Lipinski definition) is 2. The first kappa shape index (κ1) is 24.3. The minimum Gasteiger partial charge on any atom is -0.790 e. The first-order valence-electron chi connectivity index (χ1n) is 7.80. The van der Waals surface area contributed by atoms with Crippen LogP contribution in [0, 0.1) is 12.8 Å². The summed E-state index contributed by atoms with van der Waals surface area (Å²) in [6, 6.07) is -0.616. The lowest BCUT2D eigenvalue weighted by Crippen LogP contribution is -2.32. The number of H-pyrrole nitrogens is 1. The monoisotopic (exact) mass is 476 g/mol. The molecular weight excluding hydrogens is 461 g/mol. The van der Waals surface area contributed by atoms with Crippen LogP contribution >= 0.6 is 23.5 Å². The van der Waals surface area contributed by atoms with E-state index in [1.165, 1.54) is 13.1 Å². The highest BCUT2D eigenvalue weighted by Gasteiger charge is 2.36. The maximum atomic E-state index is 11.9. The fraction of sp³-hybridized carbons (Fsp3) is 0.636. The van der Waals surface area contributed by atoms with Crippen LogP contribution in [0.2, 0.25) is 0 Å². The van der Waals surface area contributed by atoms with E-state index in [0.717, 1.165) is 4.57 Å². The maximum Gasteiger partial charge on any atom is 0.328 e. The number of rotatable bonds is 8. The number of aliphatic hydroxyl groups is 1. The second-order valence-electron chi connectivity index (χ2n) is 6.23. The van der Waals surface area contributed by atoms with Crippen molar-refractivity contribution >= 4 is 23.5 Å². The second-order valence-corrected chi connectivity index (χ2v) is 10.5. The summed E-state index contributed by atoms with van der Waals surface area (Å²) in [5.41, 5.74) is -1.09. The third kappa shape index (κ3) is 7.06. The number of aromatic nitrogens is 2. The third-order valence-corrected chi connectivity index (χ3v) is 7.68. The molecule has 1 saturated carbocycles. The fourth-order valence-corrected chi connectivity index (χ4v) is 5.72. The van der Waals surface area contributed by atoms with Gasteiger partial charge in [0.1, 0.15) is 0 Å². The van der Waals surface area contributed by atoms with E-state index >= 15 is 0 Å². The number of aromatic amines is 1. The van der Waals surface area contributed by atoms with Crippen molar-refractivity contribution in [2.45, 2.75) is 31.9 Å². The van der Waals surface area contributed by atoms with Crippen molar-refractivity contribution in [2.24, 2.45) is 5.92 Å². The smallest absolute Gasteiger partial charge is 0.328 e. The van der Waals surface area contributed by atoms with Crippen molar-refractivity contribution in [3.63, 3.8) is 0 Å². The van der Waals surface area contributed by atoms with Gasteiger partial charge in [0.25, 0.3) is 21.2 Å². The molecule has 0 saturated heterocycles. The molecule has 0 radical (unpaired) electrons. The standard InChI is InChI=1S/C11H19N2O13P3/c1-6-4-13(11(16)12-10(6)15)8-2-7(9(14)3-8)5-24-28(20,21)26-29(22,23)25-27(17,18)19/h4,7-9,14H,2-3,5H2,1H3,(H,20,21)(H,22,23)(H,12,15,16)(H2,17,18,19)/p-4/t7-,8-,9?/m1/s1. The normalized spacial score (nSPS) is 26.8. The first-order chi connectivity index (χ1) is 13.1. The van der Waals surface area contributed by atoms with E-state index < -0.39 is 59.4 Å². The lowest BCUT2D eigenvalue weighted by atomic mass is 10.1. The van der Waals surface area contributed by atoms with E-state index in [1.807, 2.05) is 0 Å². The van der Waals surface area contributed by atoms with Gasteiger partial charge in [-0.25, -0.2) is 9.11 Å². The van der Waals surface area contributed by atoms with E-state index in [4.69, 9.17) is 0 Å². The van der Waals surface area contributed by atoms with Crippen LogP contribution in [0.1, 0.15) is 24.4 Å². The van der Waals surface area contributed by atoms with Crippen LogP contribution in [0.5, 0.6) is 0 Å². The highest BCUT2D eigenvalue weighted by Crippen LogP contribution is 2.60. The zero-order valence-electron chi connectivity index (χ0n) is 14.6. The molecule has 1 heterocycles. The van der Waals surface area contributed by atoms with Gasteiger partial charge in [-0.1, -0.05) is 0 Å². The molecule has 166 valence electrons. The van der Waals surface area contributed by atoms with Gasteiger partial charge in [-0.15, -0.1) is 0 Å². The Bertz CT molecular complexity index is 1010. The van der Waals surface area contributed by atoms with Crippen LogP contribution in [-0.2, 0) is 26.8 Å². The number of hydrogen-bond acceptors (Lipinski definition) is 13. The summed E-state index contributed by atoms with van der Waals surface area (Å²) in [6.07, 6.45) is 0.146. The molecule has 0 aromatic carbocycles. The molecule has 1 aliphatic carbocycles. The molecule has 1 fully saturated rings. The molecule has 1 aromatic rings. The predicted molar refractivity (Wildman–Crippen MR) is 84.8 cm³/mol. The molecule has 29 heavy (non-hydrogen) atoms. The van der Waals surface area contributed by atoms with Crippen LogP contribution in [0.25, 0.3) is 0 Å². The zero-order valence-corrected chi connectivity index (χ0v) is 17.2. The minimum atomic E-state index is -6.09. The summed E-state index contributed by atoms with van der Waals surface area (Å²) in [7, 11) is -17.8. The Balaban J connectivity index is 2.03. The Labute approximate surface area is 162 Å². The van der Waals surface area contributed by atoms with Crippen LogP contribution in [0.4, 0.5) is 0 Å². The number of phosphoric ester groups is 1. The van der Waals surface area contributed by atoms with Gasteiger partial charge >= 0.3 is 5.69 Å². The molecule has 3 unspecified atom stereocenters. The van der Waals surface area contributed by atoms with Crippen molar-refractivity contribution in [2.75, 3.05) is 6.61 Å². The average Bonchev–Trinajstić information content (AvgIpc) is 2.86. The predicted octanol–water partition coefficient (Wildman–Crippen LogP) is -3.03. The van der Waals surface area contributed by atoms with Gasteiger partial charge in [0, 0.05) is 23.7 Å².